The number of nitrogens with zero attached hydrogens (tertiary/aromatic N) is 1. The highest BCUT2D eigenvalue weighted by Crippen LogP contribution is 1.91. The summed E-state index contributed by atoms with van der Waals surface area (Å²) in [4.78, 5) is 2.20. The SMILES string of the molecule is CN(C)CCC[SiH2]Cl. The van der Waals surface area contributed by atoms with Gasteiger partial charge in [0.1, 0.15) is 8.83 Å². The van der Waals surface area contributed by atoms with Crippen molar-refractivity contribution in [3.63, 3.8) is 0 Å². The predicted molar refractivity (Wildman–Crippen MR) is 42.4 cm³/mol. The molecule has 0 bridgehead atoms. The van der Waals surface area contributed by atoms with Crippen molar-refractivity contribution in [1.29, 1.82) is 0 Å². The molecule has 0 N–H and O–H groups in total. The highest BCUT2D eigenvalue weighted by molar-refractivity contribution is 6.93. The molecule has 0 aromatic heterocycles. The summed E-state index contributed by atoms with van der Waals surface area (Å²) < 4.78 is 0. The molecule has 0 aliphatic rings. The van der Waals surface area contributed by atoms with Crippen LogP contribution in [0.3, 0.4) is 0 Å². The van der Waals surface area contributed by atoms with E-state index in [2.05, 4.69) is 19.0 Å². The van der Waals surface area contributed by atoms with E-state index >= 15 is 0 Å². The molecular weight excluding hydrogens is 138 g/mol. The topological polar surface area (TPSA) is 3.24 Å². The largest absolute Gasteiger partial charge is 0.309 e. The van der Waals surface area contributed by atoms with Crippen LogP contribution >= 0.6 is 11.1 Å². The fourth-order valence-corrected chi connectivity index (χ4v) is 1.50. The van der Waals surface area contributed by atoms with Gasteiger partial charge >= 0.3 is 0 Å². The summed E-state index contributed by atoms with van der Waals surface area (Å²) in [6, 6.07) is 1.28. The van der Waals surface area contributed by atoms with Gasteiger partial charge in [-0.1, -0.05) is 0 Å². The van der Waals surface area contributed by atoms with Gasteiger partial charge in [-0.2, -0.15) is 11.1 Å². The van der Waals surface area contributed by atoms with Gasteiger partial charge in [0.05, 0.1) is 0 Å². The monoisotopic (exact) mass is 151 g/mol. The van der Waals surface area contributed by atoms with Crippen molar-refractivity contribution in [2.75, 3.05) is 20.6 Å². The van der Waals surface area contributed by atoms with E-state index in [1.54, 1.807) is 0 Å². The molecule has 50 valence electrons. The highest BCUT2D eigenvalue weighted by Gasteiger charge is 1.87. The first-order chi connectivity index (χ1) is 3.77. The van der Waals surface area contributed by atoms with Crippen molar-refractivity contribution in [1.82, 2.24) is 4.90 Å². The van der Waals surface area contributed by atoms with Crippen LogP contribution in [0.1, 0.15) is 6.42 Å². The molecule has 0 aliphatic heterocycles. The molecule has 0 saturated heterocycles. The maximum atomic E-state index is 5.61. The van der Waals surface area contributed by atoms with Gasteiger partial charge in [0, 0.05) is 0 Å². The molecule has 0 rings (SSSR count). The van der Waals surface area contributed by atoms with E-state index in [1.165, 1.54) is 19.0 Å². The zero-order valence-corrected chi connectivity index (χ0v) is 7.82. The highest BCUT2D eigenvalue weighted by atomic mass is 35.6. The van der Waals surface area contributed by atoms with Gasteiger partial charge in [-0.3, -0.25) is 0 Å². The minimum absolute atomic E-state index is 0.183. The Morgan fingerprint density at radius 3 is 2.50 bits per heavy atom. The first-order valence-corrected chi connectivity index (χ1v) is 6.12. The standard InChI is InChI=1S/C5H14ClNSi/c1-7(2)4-3-5-8-6/h3-5,8H2,1-2H3. The molecule has 0 heterocycles. The minimum atomic E-state index is -0.183. The lowest BCUT2D eigenvalue weighted by Crippen LogP contribution is -2.12. The molecule has 1 nitrogen and oxygen atoms in total. The zero-order valence-electron chi connectivity index (χ0n) is 5.65. The number of rotatable bonds is 4. The number of halogens is 1. The van der Waals surface area contributed by atoms with Crippen molar-refractivity contribution < 1.29 is 0 Å². The summed E-state index contributed by atoms with van der Waals surface area (Å²) in [7, 11) is 4.00. The molecule has 0 radical (unpaired) electrons. The first kappa shape index (κ1) is 8.47. The fraction of sp³-hybridized carbons (Fsp3) is 1.00. The fourth-order valence-electron chi connectivity index (χ4n) is 0.523. The van der Waals surface area contributed by atoms with Crippen molar-refractivity contribution in [3.05, 3.63) is 0 Å². The van der Waals surface area contributed by atoms with Gasteiger partial charge < -0.3 is 4.90 Å². The van der Waals surface area contributed by atoms with E-state index < -0.39 is 0 Å². The van der Waals surface area contributed by atoms with E-state index in [4.69, 9.17) is 11.1 Å². The van der Waals surface area contributed by atoms with Crippen molar-refractivity contribution in [3.8, 4) is 0 Å². The summed E-state index contributed by atoms with van der Waals surface area (Å²) in [5.41, 5.74) is 0. The number of hydrogen-bond donors (Lipinski definition) is 0. The molecular formula is C5H14ClNSi. The average molecular weight is 152 g/mol. The van der Waals surface area contributed by atoms with Gasteiger partial charge in [0.15, 0.2) is 0 Å². The molecule has 8 heavy (non-hydrogen) atoms. The van der Waals surface area contributed by atoms with Crippen molar-refractivity contribution >= 4 is 19.9 Å². The Morgan fingerprint density at radius 1 is 1.50 bits per heavy atom. The molecule has 0 fully saturated rings. The molecule has 0 aromatic rings. The van der Waals surface area contributed by atoms with E-state index in [0.29, 0.717) is 0 Å². The predicted octanol–water partition coefficient (Wildman–Crippen LogP) is 0.679. The Kier molecular flexibility index (Phi) is 5.93. The summed E-state index contributed by atoms with van der Waals surface area (Å²) in [5.74, 6) is 0. The summed E-state index contributed by atoms with van der Waals surface area (Å²) in [5, 5.41) is 0. The van der Waals surface area contributed by atoms with Crippen LogP contribution < -0.4 is 0 Å². The molecule has 0 aliphatic carbocycles. The van der Waals surface area contributed by atoms with Crippen LogP contribution in [0.2, 0.25) is 6.04 Å². The Hall–Kier alpha value is 0.467. The molecule has 0 aromatic carbocycles. The van der Waals surface area contributed by atoms with E-state index in [9.17, 15) is 0 Å². The van der Waals surface area contributed by atoms with Crippen molar-refractivity contribution in [2.24, 2.45) is 0 Å². The lowest BCUT2D eigenvalue weighted by Gasteiger charge is -2.06. The van der Waals surface area contributed by atoms with Crippen molar-refractivity contribution in [2.45, 2.75) is 12.5 Å². The summed E-state index contributed by atoms with van der Waals surface area (Å²) in [6.07, 6.45) is 1.28. The van der Waals surface area contributed by atoms with Gasteiger partial charge in [-0.05, 0) is 33.1 Å². The molecule has 0 amide bonds. The molecule has 0 spiro atoms. The third kappa shape index (κ3) is 6.47. The first-order valence-electron chi connectivity index (χ1n) is 2.98. The Bertz CT molecular complexity index is 49.7. The van der Waals surface area contributed by atoms with Crippen LogP contribution in [0.25, 0.3) is 0 Å². The van der Waals surface area contributed by atoms with E-state index in [-0.39, 0.29) is 8.83 Å². The Morgan fingerprint density at radius 2 is 2.12 bits per heavy atom. The molecule has 0 atom stereocenters. The van der Waals surface area contributed by atoms with Crippen LogP contribution in [0.5, 0.6) is 0 Å². The van der Waals surface area contributed by atoms with Crippen LogP contribution in [0, 0.1) is 0 Å². The summed E-state index contributed by atoms with van der Waals surface area (Å²) >= 11 is 5.61. The van der Waals surface area contributed by atoms with Crippen LogP contribution in [0.15, 0.2) is 0 Å². The number of hydrogen-bond acceptors (Lipinski definition) is 1. The Labute approximate surface area is 58.5 Å². The lowest BCUT2D eigenvalue weighted by atomic mass is 10.5. The van der Waals surface area contributed by atoms with Gasteiger partial charge in [-0.15, -0.1) is 0 Å². The van der Waals surface area contributed by atoms with Gasteiger partial charge in [-0.25, -0.2) is 0 Å². The van der Waals surface area contributed by atoms with Gasteiger partial charge in [0.2, 0.25) is 0 Å². The second-order valence-electron chi connectivity index (χ2n) is 2.20. The molecule has 3 heteroatoms. The maximum Gasteiger partial charge on any atom is 0.125 e. The van der Waals surface area contributed by atoms with Crippen LogP contribution in [0.4, 0.5) is 0 Å². The van der Waals surface area contributed by atoms with E-state index in [1.807, 2.05) is 0 Å². The third-order valence-corrected chi connectivity index (χ3v) is 2.56. The smallest absolute Gasteiger partial charge is 0.125 e. The van der Waals surface area contributed by atoms with Gasteiger partial charge in [0.25, 0.3) is 0 Å². The van der Waals surface area contributed by atoms with E-state index in [0.717, 1.165) is 0 Å². The molecule has 0 saturated carbocycles. The zero-order chi connectivity index (χ0) is 6.41. The third-order valence-electron chi connectivity index (χ3n) is 0.989. The minimum Gasteiger partial charge on any atom is -0.309 e. The maximum absolute atomic E-state index is 5.61. The van der Waals surface area contributed by atoms with Crippen LogP contribution in [-0.2, 0) is 0 Å². The second kappa shape index (κ2) is 5.60. The van der Waals surface area contributed by atoms with Crippen LogP contribution in [-0.4, -0.2) is 34.4 Å². The molecule has 0 unspecified atom stereocenters. The summed E-state index contributed by atoms with van der Waals surface area (Å²) in [6.45, 7) is 1.19. The lowest BCUT2D eigenvalue weighted by molar-refractivity contribution is 0.408. The Balaban J connectivity index is 2.72. The normalized spacial score (nSPS) is 12.0. The quantitative estimate of drug-likeness (QED) is 0.325. The second-order valence-corrected chi connectivity index (χ2v) is 4.42. The average Bonchev–Trinajstić information content (AvgIpc) is 1.66.